The Hall–Kier alpha value is -3.95. The zero-order valence-corrected chi connectivity index (χ0v) is 15.8. The molecule has 0 saturated heterocycles. The van der Waals surface area contributed by atoms with Crippen LogP contribution >= 0.6 is 0 Å². The van der Waals surface area contributed by atoms with Crippen molar-refractivity contribution >= 4 is 11.6 Å². The number of nitrogens with one attached hydrogen (secondary N) is 1. The molecule has 2 aromatic heterocycles. The molecule has 1 N–H and O–H groups in total. The summed E-state index contributed by atoms with van der Waals surface area (Å²) < 4.78 is 54.5. The molecule has 0 aliphatic carbocycles. The molecule has 0 fully saturated rings. The molecule has 31 heavy (non-hydrogen) atoms. The first-order chi connectivity index (χ1) is 14.8. The third kappa shape index (κ3) is 4.47. The number of halogens is 4. The number of rotatable bonds is 5. The van der Waals surface area contributed by atoms with E-state index < -0.39 is 17.6 Å². The summed E-state index contributed by atoms with van der Waals surface area (Å²) in [7, 11) is 0. The second-order valence-electron chi connectivity index (χ2n) is 6.67. The summed E-state index contributed by atoms with van der Waals surface area (Å²) in [6, 6.07) is 13.4. The van der Waals surface area contributed by atoms with Gasteiger partial charge in [-0.3, -0.25) is 4.79 Å². The van der Waals surface area contributed by atoms with Crippen LogP contribution in [0.5, 0.6) is 0 Å². The molecule has 2 heterocycles. The molecule has 0 atom stereocenters. The lowest BCUT2D eigenvalue weighted by atomic mass is 10.2. The van der Waals surface area contributed by atoms with Crippen molar-refractivity contribution < 1.29 is 22.4 Å². The van der Waals surface area contributed by atoms with Crippen LogP contribution in [0.4, 0.5) is 23.2 Å². The van der Waals surface area contributed by atoms with Gasteiger partial charge in [0.2, 0.25) is 0 Å². The zero-order valence-electron chi connectivity index (χ0n) is 15.8. The Labute approximate surface area is 173 Å². The van der Waals surface area contributed by atoms with Gasteiger partial charge in [-0.05, 0) is 54.1 Å². The highest BCUT2D eigenvalue weighted by molar-refractivity contribution is 6.04. The van der Waals surface area contributed by atoms with Gasteiger partial charge in [0.05, 0.1) is 12.1 Å². The quantitative estimate of drug-likeness (QED) is 0.474. The van der Waals surface area contributed by atoms with Crippen LogP contribution < -0.4 is 5.32 Å². The Kier molecular flexibility index (Phi) is 5.28. The smallest absolute Gasteiger partial charge is 0.320 e. The van der Waals surface area contributed by atoms with Crippen molar-refractivity contribution in [2.75, 3.05) is 5.32 Å². The minimum atomic E-state index is -4.47. The highest BCUT2D eigenvalue weighted by Gasteiger charge is 2.30. The lowest BCUT2D eigenvalue weighted by Gasteiger charge is -2.10. The van der Waals surface area contributed by atoms with Gasteiger partial charge < -0.3 is 9.88 Å². The number of amides is 1. The van der Waals surface area contributed by atoms with E-state index in [0.717, 1.165) is 17.7 Å². The summed E-state index contributed by atoms with van der Waals surface area (Å²) in [6.45, 7) is 0.231. The Morgan fingerprint density at radius 1 is 0.968 bits per heavy atom. The van der Waals surface area contributed by atoms with Gasteiger partial charge in [-0.15, -0.1) is 5.10 Å². The Balaban J connectivity index is 1.62. The van der Waals surface area contributed by atoms with E-state index in [1.54, 1.807) is 41.2 Å². The molecular weight excluding hydrogens is 414 g/mol. The number of nitrogens with zero attached hydrogens (tertiary/aromatic N) is 4. The molecule has 158 valence electrons. The second kappa shape index (κ2) is 8.05. The Bertz CT molecular complexity index is 1180. The van der Waals surface area contributed by atoms with Crippen LogP contribution in [0.2, 0.25) is 0 Å². The zero-order chi connectivity index (χ0) is 22.0. The van der Waals surface area contributed by atoms with E-state index in [4.69, 9.17) is 0 Å². The number of hydrogen-bond acceptors (Lipinski definition) is 3. The molecule has 0 radical (unpaired) electrons. The summed E-state index contributed by atoms with van der Waals surface area (Å²) in [5.74, 6) is -0.642. The van der Waals surface area contributed by atoms with Gasteiger partial charge >= 0.3 is 6.18 Å². The predicted octanol–water partition coefficient (Wildman–Crippen LogP) is 4.53. The van der Waals surface area contributed by atoms with Crippen molar-refractivity contribution in [3.05, 3.63) is 95.7 Å². The fourth-order valence-corrected chi connectivity index (χ4v) is 2.99. The highest BCUT2D eigenvalue weighted by Crippen LogP contribution is 2.30. The molecule has 0 aliphatic rings. The molecule has 0 aliphatic heterocycles. The van der Waals surface area contributed by atoms with E-state index in [-0.39, 0.29) is 23.7 Å². The van der Waals surface area contributed by atoms with Crippen LogP contribution in [0.3, 0.4) is 0 Å². The normalized spacial score (nSPS) is 11.5. The lowest BCUT2D eigenvalue weighted by molar-refractivity contribution is -0.137. The lowest BCUT2D eigenvalue weighted by Crippen LogP contribution is -2.17. The van der Waals surface area contributed by atoms with E-state index in [2.05, 4.69) is 15.6 Å². The maximum absolute atomic E-state index is 13.2. The van der Waals surface area contributed by atoms with Crippen molar-refractivity contribution in [1.29, 1.82) is 0 Å². The van der Waals surface area contributed by atoms with Crippen molar-refractivity contribution in [3.8, 4) is 5.82 Å². The Morgan fingerprint density at radius 2 is 1.61 bits per heavy atom. The van der Waals surface area contributed by atoms with Crippen LogP contribution in [-0.2, 0) is 12.7 Å². The molecule has 0 saturated carbocycles. The number of anilines is 1. The number of benzene rings is 2. The summed E-state index contributed by atoms with van der Waals surface area (Å²) in [6.07, 6.45) is -1.06. The third-order valence-electron chi connectivity index (χ3n) is 4.49. The Morgan fingerprint density at radius 3 is 2.23 bits per heavy atom. The van der Waals surface area contributed by atoms with Gasteiger partial charge in [-0.25, -0.2) is 9.07 Å². The van der Waals surface area contributed by atoms with Crippen molar-refractivity contribution in [2.45, 2.75) is 12.7 Å². The van der Waals surface area contributed by atoms with E-state index in [9.17, 15) is 22.4 Å². The second-order valence-corrected chi connectivity index (χ2v) is 6.67. The van der Waals surface area contributed by atoms with Crippen LogP contribution in [0.15, 0.2) is 73.1 Å². The number of aromatic nitrogens is 4. The highest BCUT2D eigenvalue weighted by atomic mass is 19.4. The molecule has 0 spiro atoms. The molecule has 4 aromatic rings. The molecule has 0 bridgehead atoms. The minimum absolute atomic E-state index is 0.0155. The first-order valence-electron chi connectivity index (χ1n) is 9.11. The molecule has 6 nitrogen and oxygen atoms in total. The molecular formula is C21H15F4N5O. The summed E-state index contributed by atoms with van der Waals surface area (Å²) in [5.41, 5.74) is 0.0981. The minimum Gasteiger partial charge on any atom is -0.320 e. The van der Waals surface area contributed by atoms with Gasteiger partial charge in [0.25, 0.3) is 5.91 Å². The third-order valence-corrected chi connectivity index (χ3v) is 4.49. The monoisotopic (exact) mass is 429 g/mol. The van der Waals surface area contributed by atoms with E-state index >= 15 is 0 Å². The van der Waals surface area contributed by atoms with Gasteiger partial charge in [-0.2, -0.15) is 13.2 Å². The first kappa shape index (κ1) is 20.3. The average molecular weight is 429 g/mol. The SMILES string of the molecule is O=C(Nc1ccc(C(F)(F)F)cc1)c1nnn(Cc2ccc(F)cc2)c1-n1cccc1. The summed E-state index contributed by atoms with van der Waals surface area (Å²) in [4.78, 5) is 12.8. The van der Waals surface area contributed by atoms with Crippen molar-refractivity contribution in [1.82, 2.24) is 19.6 Å². The van der Waals surface area contributed by atoms with Gasteiger partial charge in [0, 0.05) is 18.1 Å². The predicted molar refractivity (Wildman–Crippen MR) is 104 cm³/mol. The molecule has 1 amide bonds. The topological polar surface area (TPSA) is 64.7 Å². The van der Waals surface area contributed by atoms with Crippen LogP contribution in [0, 0.1) is 5.82 Å². The van der Waals surface area contributed by atoms with Crippen molar-refractivity contribution in [2.24, 2.45) is 0 Å². The van der Waals surface area contributed by atoms with E-state index in [1.165, 1.54) is 28.9 Å². The number of carbonyl (C=O) groups excluding carboxylic acids is 1. The fraction of sp³-hybridized carbons (Fsp3) is 0.0952. The van der Waals surface area contributed by atoms with E-state index in [0.29, 0.717) is 5.82 Å². The summed E-state index contributed by atoms with van der Waals surface area (Å²) in [5, 5.41) is 10.5. The van der Waals surface area contributed by atoms with E-state index in [1.807, 2.05) is 0 Å². The standard InChI is InChI=1S/C21H15F4N5O/c22-16-7-3-14(4-8-16)13-30-20(29-11-1-2-12-29)18(27-28-30)19(31)26-17-9-5-15(6-10-17)21(23,24)25/h1-12H,13H2,(H,26,31). The average Bonchev–Trinajstić information content (AvgIpc) is 3.39. The maximum Gasteiger partial charge on any atom is 0.416 e. The molecule has 4 rings (SSSR count). The largest absolute Gasteiger partial charge is 0.416 e. The van der Waals surface area contributed by atoms with Gasteiger partial charge in [0.1, 0.15) is 5.82 Å². The van der Waals surface area contributed by atoms with Gasteiger partial charge in [0.15, 0.2) is 11.5 Å². The summed E-state index contributed by atoms with van der Waals surface area (Å²) >= 11 is 0. The van der Waals surface area contributed by atoms with Crippen LogP contribution in [0.1, 0.15) is 21.6 Å². The number of hydrogen-bond donors (Lipinski definition) is 1. The number of alkyl halides is 3. The molecule has 10 heteroatoms. The first-order valence-corrected chi connectivity index (χ1v) is 9.11. The molecule has 0 unspecified atom stereocenters. The fourth-order valence-electron chi connectivity index (χ4n) is 2.99. The van der Waals surface area contributed by atoms with Crippen molar-refractivity contribution in [3.63, 3.8) is 0 Å². The number of carbonyl (C=O) groups is 1. The molecule has 2 aromatic carbocycles. The van der Waals surface area contributed by atoms with Gasteiger partial charge in [-0.1, -0.05) is 17.3 Å². The maximum atomic E-state index is 13.2. The van der Waals surface area contributed by atoms with Crippen LogP contribution in [0.25, 0.3) is 5.82 Å². The van der Waals surface area contributed by atoms with Crippen LogP contribution in [-0.4, -0.2) is 25.5 Å².